The fourth-order valence-corrected chi connectivity index (χ4v) is 6.45. The maximum Gasteiger partial charge on any atom is 1.00 e. The van der Waals surface area contributed by atoms with Crippen LogP contribution in [0.25, 0.3) is 0 Å². The summed E-state index contributed by atoms with van der Waals surface area (Å²) in [4.78, 5) is 26.2. The van der Waals surface area contributed by atoms with Gasteiger partial charge in [-0.25, -0.2) is 4.79 Å². The van der Waals surface area contributed by atoms with E-state index < -0.39 is 18.4 Å². The summed E-state index contributed by atoms with van der Waals surface area (Å²) < 4.78 is 18.2. The van der Waals surface area contributed by atoms with Gasteiger partial charge < -0.3 is 61.2 Å². The van der Waals surface area contributed by atoms with Crippen molar-refractivity contribution in [1.82, 2.24) is 15.5 Å². The second kappa shape index (κ2) is 21.6. The minimum Gasteiger partial charge on any atom is -0.385 e. The molecule has 46 heavy (non-hydrogen) atoms. The third kappa shape index (κ3) is 13.6. The van der Waals surface area contributed by atoms with Crippen LogP contribution in [0.15, 0.2) is 23.8 Å². The zero-order chi connectivity index (χ0) is 33.0. The molecule has 2 aliphatic heterocycles. The Morgan fingerprint density at radius 3 is 2.41 bits per heavy atom. The van der Waals surface area contributed by atoms with Crippen molar-refractivity contribution < 1.29 is 52.9 Å². The minimum atomic E-state index is -1.76. The number of carbonyl (C=O) groups is 2. The monoisotopic (exact) mass is 643 g/mol. The molecule has 2 aliphatic rings. The van der Waals surface area contributed by atoms with Gasteiger partial charge in [0.2, 0.25) is 5.91 Å². The first-order valence-corrected chi connectivity index (χ1v) is 16.3. The maximum atomic E-state index is 12.7. The molecule has 0 radical (unpaired) electrons. The fraction of sp³-hybridized carbons (Fsp3) is 0.743. The summed E-state index contributed by atoms with van der Waals surface area (Å²) in [6, 6.07) is -1.42. The molecule has 10 nitrogen and oxygen atoms in total. The SMILES string of the molecule is [CH2-]CN(C[CH2-])C(=O)N[C@@H](CCNC(=O)C[C@H]1CC[C@H](C)[C@@H](/C(C)=C/C=C/[C@@H](C)C[C@@]2(C)O[C@@H]2[C@H](C)[C@H](CC)OC)O1)C(O)O.[CH3-].[Li+]. The number of carbonyl (C=O) groups excluding carboxylic acids is 2. The van der Waals surface area contributed by atoms with Crippen LogP contribution in [0.1, 0.15) is 80.1 Å². The van der Waals surface area contributed by atoms with Crippen LogP contribution in [0, 0.1) is 39.0 Å². The zero-order valence-corrected chi connectivity index (χ0v) is 30.1. The van der Waals surface area contributed by atoms with E-state index in [1.165, 1.54) is 4.90 Å². The third-order valence-corrected chi connectivity index (χ3v) is 9.17. The number of nitrogens with one attached hydrogen (secondary N) is 2. The van der Waals surface area contributed by atoms with Crippen LogP contribution in [0.3, 0.4) is 0 Å². The number of aliphatic hydroxyl groups excluding tert-OH is 1. The van der Waals surface area contributed by atoms with Gasteiger partial charge in [-0.05, 0) is 63.4 Å². The van der Waals surface area contributed by atoms with Crippen molar-refractivity contribution in [2.75, 3.05) is 26.7 Å². The van der Waals surface area contributed by atoms with E-state index in [1.807, 2.05) is 0 Å². The first-order chi connectivity index (χ1) is 20.8. The minimum absolute atomic E-state index is 0. The van der Waals surface area contributed by atoms with Crippen molar-refractivity contribution in [2.45, 2.75) is 122 Å². The number of aliphatic hydroxyl groups is 2. The summed E-state index contributed by atoms with van der Waals surface area (Å²) in [5, 5.41) is 24.7. The molecule has 0 bridgehead atoms. The standard InChI is InChI=1S/C34H59N3O7.CH3.Li/c1-10-28(42-9)25(7)31-34(8,44-31)21-22(4)14-13-15-23(5)30-24(6)16-17-26(43-30)20-29(38)35-19-18-27(32(39)40)36-33(41)37(11-2)12-3;;/h13-15,22,24-28,30-32,39-40H,2-3,10-12,16-21H2,1,4-9H3,(H,35,38)(H,36,41);1H3;/q-2;-1;+1/b14-13+,23-15+;;/t22-,24+,25-,26-,27+,28+,30-,31-,34-;;/m1../s1. The number of allylic oxidation sites excluding steroid dienone is 3. The van der Waals surface area contributed by atoms with E-state index in [0.29, 0.717) is 17.8 Å². The van der Waals surface area contributed by atoms with Gasteiger partial charge in [0.05, 0.1) is 42.5 Å². The largest absolute Gasteiger partial charge is 1.00 e. The van der Waals surface area contributed by atoms with Crippen LogP contribution < -0.4 is 29.5 Å². The molecule has 3 amide bonds. The Hall–Kier alpha value is -1.38. The summed E-state index contributed by atoms with van der Waals surface area (Å²) in [5.74, 6) is 0.889. The third-order valence-electron chi connectivity index (χ3n) is 9.17. The Kier molecular flexibility index (Phi) is 20.9. The summed E-state index contributed by atoms with van der Waals surface area (Å²) in [6.07, 6.45) is 8.93. The number of epoxide rings is 1. The van der Waals surface area contributed by atoms with E-state index in [9.17, 15) is 19.8 Å². The van der Waals surface area contributed by atoms with E-state index in [2.05, 4.69) is 84.3 Å². The van der Waals surface area contributed by atoms with Crippen molar-refractivity contribution in [3.63, 3.8) is 0 Å². The van der Waals surface area contributed by atoms with E-state index in [-0.39, 0.29) is 94.7 Å². The Bertz CT molecular complexity index is 956. The number of hydrogen-bond acceptors (Lipinski definition) is 7. The van der Waals surface area contributed by atoms with Crippen LogP contribution in [0.4, 0.5) is 4.79 Å². The van der Waals surface area contributed by atoms with Gasteiger partial charge in [-0.1, -0.05) is 45.9 Å². The van der Waals surface area contributed by atoms with Crippen LogP contribution >= 0.6 is 0 Å². The van der Waals surface area contributed by atoms with Crippen molar-refractivity contribution in [3.8, 4) is 0 Å². The number of amides is 3. The zero-order valence-electron chi connectivity index (χ0n) is 30.1. The van der Waals surface area contributed by atoms with E-state index in [0.717, 1.165) is 31.3 Å². The first kappa shape index (κ1) is 44.6. The van der Waals surface area contributed by atoms with Gasteiger partial charge in [-0.15, -0.1) is 13.1 Å². The summed E-state index contributed by atoms with van der Waals surface area (Å²) in [5.41, 5.74) is 1.02. The molecule has 2 saturated heterocycles. The molecule has 2 rings (SSSR count). The predicted octanol–water partition coefficient (Wildman–Crippen LogP) is 1.63. The molecule has 4 N–H and O–H groups in total. The normalized spacial score (nSPS) is 27.2. The molecule has 11 heteroatoms. The fourth-order valence-electron chi connectivity index (χ4n) is 6.45. The quantitative estimate of drug-likeness (QED) is 0.0587. The van der Waals surface area contributed by atoms with Crippen LogP contribution in [0.5, 0.6) is 0 Å². The summed E-state index contributed by atoms with van der Waals surface area (Å²) in [7, 11) is 1.77. The smallest absolute Gasteiger partial charge is 0.385 e. The van der Waals surface area contributed by atoms with Gasteiger partial charge in [0.1, 0.15) is 0 Å². The Morgan fingerprint density at radius 1 is 1.20 bits per heavy atom. The molecular weight excluding hydrogens is 581 g/mol. The van der Waals surface area contributed by atoms with Crippen molar-refractivity contribution in [3.05, 3.63) is 45.1 Å². The second-order valence-electron chi connectivity index (χ2n) is 12.9. The van der Waals surface area contributed by atoms with E-state index in [1.54, 1.807) is 7.11 Å². The number of ether oxygens (including phenoxy) is 3. The van der Waals surface area contributed by atoms with E-state index >= 15 is 0 Å². The average Bonchev–Trinajstić information content (AvgIpc) is 3.64. The van der Waals surface area contributed by atoms with Gasteiger partial charge in [0.15, 0.2) is 6.29 Å². The molecule has 0 aliphatic carbocycles. The van der Waals surface area contributed by atoms with Gasteiger partial charge in [-0.2, -0.15) is 0 Å². The molecule has 0 aromatic rings. The summed E-state index contributed by atoms with van der Waals surface area (Å²) in [6.45, 7) is 20.9. The average molecular weight is 644 g/mol. The summed E-state index contributed by atoms with van der Waals surface area (Å²) >= 11 is 0. The molecule has 0 spiro atoms. The molecule has 2 fully saturated rings. The molecule has 0 saturated carbocycles. The Labute approximate surface area is 291 Å². The molecule has 0 aromatic carbocycles. The number of hydrogen-bond donors (Lipinski definition) is 4. The number of methoxy groups -OCH3 is 1. The molecule has 0 aromatic heterocycles. The number of nitrogens with zero attached hydrogens (tertiary/aromatic N) is 1. The Morgan fingerprint density at radius 2 is 1.85 bits per heavy atom. The number of rotatable bonds is 18. The molecule has 2 heterocycles. The molecule has 9 atom stereocenters. The van der Waals surface area contributed by atoms with Crippen molar-refractivity contribution >= 4 is 11.9 Å². The van der Waals surface area contributed by atoms with Crippen LogP contribution in [0.2, 0.25) is 0 Å². The maximum absolute atomic E-state index is 12.7. The second-order valence-corrected chi connectivity index (χ2v) is 12.9. The molecular formula is C35H62LiN3O7-2. The van der Waals surface area contributed by atoms with Gasteiger partial charge in [-0.3, -0.25) is 4.79 Å². The van der Waals surface area contributed by atoms with Crippen molar-refractivity contribution in [2.24, 2.45) is 17.8 Å². The number of urea groups is 1. The van der Waals surface area contributed by atoms with Crippen LogP contribution in [-0.4, -0.2) is 96.1 Å². The Balaban J connectivity index is 0.0000101. The van der Waals surface area contributed by atoms with Crippen LogP contribution in [-0.2, 0) is 19.0 Å². The first-order valence-electron chi connectivity index (χ1n) is 16.3. The van der Waals surface area contributed by atoms with E-state index in [4.69, 9.17) is 14.2 Å². The van der Waals surface area contributed by atoms with Gasteiger partial charge in [0.25, 0.3) is 0 Å². The molecule has 0 unspecified atom stereocenters. The van der Waals surface area contributed by atoms with Gasteiger partial charge in [0, 0.05) is 19.6 Å². The van der Waals surface area contributed by atoms with Crippen molar-refractivity contribution in [1.29, 1.82) is 0 Å². The predicted molar refractivity (Wildman–Crippen MR) is 179 cm³/mol. The van der Waals surface area contributed by atoms with Gasteiger partial charge >= 0.3 is 24.9 Å². The topological polar surface area (TPSA) is 133 Å². The molecule has 262 valence electrons.